The standard InChI is InChI=1S/C23H23N5O3/c1-4-30-20-10-17(11-25-22(20)31-5-2)16-8-15(3)21-18(9-16)13-28(23(21)29)19-12-26-27(14-19)7-6-24/h8-12,14H,4-5,7,13H2,1-3H3. The number of anilines is 1. The number of hydrogen-bond donors (Lipinski definition) is 0. The van der Waals surface area contributed by atoms with Gasteiger partial charge in [0.15, 0.2) is 5.75 Å². The molecule has 0 fully saturated rings. The summed E-state index contributed by atoms with van der Waals surface area (Å²) in [6.07, 6.45) is 5.09. The first-order valence-electron chi connectivity index (χ1n) is 10.2. The van der Waals surface area contributed by atoms with Gasteiger partial charge >= 0.3 is 0 Å². The van der Waals surface area contributed by atoms with E-state index in [9.17, 15) is 4.79 Å². The molecule has 2 aromatic heterocycles. The number of fused-ring (bicyclic) bond motifs is 1. The van der Waals surface area contributed by atoms with E-state index in [1.807, 2.05) is 45.0 Å². The number of benzene rings is 1. The number of ether oxygens (including phenoxy) is 2. The number of amides is 1. The minimum atomic E-state index is -0.0598. The van der Waals surface area contributed by atoms with Gasteiger partial charge < -0.3 is 14.4 Å². The van der Waals surface area contributed by atoms with Crippen LogP contribution in [0.3, 0.4) is 0 Å². The van der Waals surface area contributed by atoms with Gasteiger partial charge in [0.2, 0.25) is 0 Å². The average molecular weight is 417 g/mol. The molecule has 0 N–H and O–H groups in total. The van der Waals surface area contributed by atoms with Gasteiger partial charge in [-0.05, 0) is 49.6 Å². The van der Waals surface area contributed by atoms with Gasteiger partial charge in [0, 0.05) is 23.5 Å². The molecule has 0 saturated carbocycles. The van der Waals surface area contributed by atoms with Crippen molar-refractivity contribution in [2.75, 3.05) is 18.1 Å². The molecule has 1 aliphatic heterocycles. The zero-order valence-electron chi connectivity index (χ0n) is 17.8. The van der Waals surface area contributed by atoms with Gasteiger partial charge in [0.05, 0.1) is 37.7 Å². The Balaban J connectivity index is 1.68. The van der Waals surface area contributed by atoms with E-state index >= 15 is 0 Å². The van der Waals surface area contributed by atoms with Crippen LogP contribution in [-0.2, 0) is 13.1 Å². The van der Waals surface area contributed by atoms with E-state index in [-0.39, 0.29) is 12.5 Å². The Hall–Kier alpha value is -3.86. The molecule has 3 heterocycles. The number of aryl methyl sites for hydroxylation is 1. The molecule has 3 aromatic rings. The third-order valence-corrected chi connectivity index (χ3v) is 5.10. The van der Waals surface area contributed by atoms with Gasteiger partial charge in [-0.3, -0.25) is 9.48 Å². The van der Waals surface area contributed by atoms with Crippen LogP contribution in [0.5, 0.6) is 11.6 Å². The van der Waals surface area contributed by atoms with Gasteiger partial charge in [0.25, 0.3) is 11.8 Å². The van der Waals surface area contributed by atoms with E-state index in [1.165, 1.54) is 4.68 Å². The topological polar surface area (TPSA) is 93.3 Å². The molecule has 8 nitrogen and oxygen atoms in total. The summed E-state index contributed by atoms with van der Waals surface area (Å²) in [6, 6.07) is 7.98. The number of carbonyl (C=O) groups is 1. The zero-order valence-corrected chi connectivity index (χ0v) is 17.8. The van der Waals surface area contributed by atoms with Crippen LogP contribution in [0.1, 0.15) is 35.3 Å². The lowest BCUT2D eigenvalue weighted by atomic mass is 9.97. The van der Waals surface area contributed by atoms with Crippen molar-refractivity contribution in [2.24, 2.45) is 0 Å². The van der Waals surface area contributed by atoms with Crippen LogP contribution in [-0.4, -0.2) is 33.9 Å². The highest BCUT2D eigenvalue weighted by Gasteiger charge is 2.31. The van der Waals surface area contributed by atoms with Gasteiger partial charge in [-0.1, -0.05) is 6.07 Å². The van der Waals surface area contributed by atoms with Crippen molar-refractivity contribution in [3.8, 4) is 28.8 Å². The predicted molar refractivity (Wildman–Crippen MR) is 115 cm³/mol. The smallest absolute Gasteiger partial charge is 0.259 e. The molecule has 0 spiro atoms. The lowest BCUT2D eigenvalue weighted by Gasteiger charge is -2.12. The molecule has 4 rings (SSSR count). The number of rotatable bonds is 7. The van der Waals surface area contributed by atoms with E-state index in [0.29, 0.717) is 42.6 Å². The molecule has 0 radical (unpaired) electrons. The Bertz CT molecular complexity index is 1180. The second kappa shape index (κ2) is 8.48. The second-order valence-electron chi connectivity index (χ2n) is 7.17. The molecule has 1 amide bonds. The molecular weight excluding hydrogens is 394 g/mol. The third-order valence-electron chi connectivity index (χ3n) is 5.10. The fourth-order valence-electron chi connectivity index (χ4n) is 3.79. The summed E-state index contributed by atoms with van der Waals surface area (Å²) in [5, 5.41) is 13.0. The molecule has 0 aliphatic carbocycles. The van der Waals surface area contributed by atoms with Crippen LogP contribution in [0.4, 0.5) is 5.69 Å². The summed E-state index contributed by atoms with van der Waals surface area (Å²) in [5.74, 6) is 1.01. The molecule has 0 unspecified atom stereocenters. The molecule has 1 aromatic carbocycles. The summed E-state index contributed by atoms with van der Waals surface area (Å²) in [7, 11) is 0. The SMILES string of the molecule is CCOc1cc(-c2cc(C)c3c(c2)CN(c2cnn(CC#N)c2)C3=O)cnc1OCC. The van der Waals surface area contributed by atoms with Crippen LogP contribution in [0.25, 0.3) is 11.1 Å². The summed E-state index contributed by atoms with van der Waals surface area (Å²) in [4.78, 5) is 19.2. The molecule has 0 atom stereocenters. The van der Waals surface area contributed by atoms with Crippen molar-refractivity contribution in [2.45, 2.75) is 33.9 Å². The molecule has 1 aliphatic rings. The van der Waals surface area contributed by atoms with Crippen molar-refractivity contribution in [3.05, 3.63) is 53.5 Å². The molecule has 0 saturated heterocycles. The van der Waals surface area contributed by atoms with E-state index < -0.39 is 0 Å². The summed E-state index contributed by atoms with van der Waals surface area (Å²) in [6.45, 7) is 7.37. The van der Waals surface area contributed by atoms with Crippen molar-refractivity contribution in [1.82, 2.24) is 14.8 Å². The molecule has 31 heavy (non-hydrogen) atoms. The van der Waals surface area contributed by atoms with Crippen LogP contribution in [0, 0.1) is 18.3 Å². The highest BCUT2D eigenvalue weighted by molar-refractivity contribution is 6.11. The summed E-state index contributed by atoms with van der Waals surface area (Å²) in [5.41, 5.74) is 5.09. The largest absolute Gasteiger partial charge is 0.488 e. The van der Waals surface area contributed by atoms with E-state index in [4.69, 9.17) is 14.7 Å². The fraction of sp³-hybridized carbons (Fsp3) is 0.304. The van der Waals surface area contributed by atoms with E-state index in [1.54, 1.807) is 23.5 Å². The first kappa shape index (κ1) is 20.4. The quantitative estimate of drug-likeness (QED) is 0.581. The molecule has 8 heteroatoms. The Labute approximate surface area is 180 Å². The highest BCUT2D eigenvalue weighted by Crippen LogP contribution is 2.36. The number of aromatic nitrogens is 3. The lowest BCUT2D eigenvalue weighted by Crippen LogP contribution is -2.22. The Kier molecular flexibility index (Phi) is 5.58. The maximum Gasteiger partial charge on any atom is 0.259 e. The number of pyridine rings is 1. The first-order valence-corrected chi connectivity index (χ1v) is 10.2. The minimum Gasteiger partial charge on any atom is -0.488 e. The van der Waals surface area contributed by atoms with Crippen LogP contribution in [0.15, 0.2) is 36.8 Å². The van der Waals surface area contributed by atoms with E-state index in [2.05, 4.69) is 10.1 Å². The van der Waals surface area contributed by atoms with Crippen LogP contribution >= 0.6 is 0 Å². The van der Waals surface area contributed by atoms with Gasteiger partial charge in [-0.25, -0.2) is 4.98 Å². The van der Waals surface area contributed by atoms with Crippen LogP contribution < -0.4 is 14.4 Å². The van der Waals surface area contributed by atoms with Gasteiger partial charge in [0.1, 0.15) is 6.54 Å². The Morgan fingerprint density at radius 3 is 2.68 bits per heavy atom. The Morgan fingerprint density at radius 1 is 1.13 bits per heavy atom. The second-order valence-corrected chi connectivity index (χ2v) is 7.17. The highest BCUT2D eigenvalue weighted by atomic mass is 16.5. The molecule has 158 valence electrons. The van der Waals surface area contributed by atoms with E-state index in [0.717, 1.165) is 22.3 Å². The third kappa shape index (κ3) is 3.82. The Morgan fingerprint density at radius 2 is 1.94 bits per heavy atom. The minimum absolute atomic E-state index is 0.0598. The normalized spacial score (nSPS) is 12.6. The van der Waals surface area contributed by atoms with Crippen molar-refractivity contribution < 1.29 is 14.3 Å². The maximum atomic E-state index is 13.1. The zero-order chi connectivity index (χ0) is 22.0. The summed E-state index contributed by atoms with van der Waals surface area (Å²) >= 11 is 0. The first-order chi connectivity index (χ1) is 15.0. The lowest BCUT2D eigenvalue weighted by molar-refractivity contribution is 0.0996. The van der Waals surface area contributed by atoms with Crippen molar-refractivity contribution in [1.29, 1.82) is 5.26 Å². The predicted octanol–water partition coefficient (Wildman–Crippen LogP) is 3.73. The number of hydrogen-bond acceptors (Lipinski definition) is 6. The molecular formula is C23H23N5O3. The number of nitrogens with zero attached hydrogens (tertiary/aromatic N) is 5. The van der Waals surface area contributed by atoms with Gasteiger partial charge in [-0.2, -0.15) is 10.4 Å². The van der Waals surface area contributed by atoms with Gasteiger partial charge in [-0.15, -0.1) is 0 Å². The fourth-order valence-corrected chi connectivity index (χ4v) is 3.79. The number of nitriles is 1. The monoisotopic (exact) mass is 417 g/mol. The summed E-state index contributed by atoms with van der Waals surface area (Å²) < 4.78 is 12.8. The maximum absolute atomic E-state index is 13.1. The average Bonchev–Trinajstić information content (AvgIpc) is 3.34. The molecule has 0 bridgehead atoms. The number of carbonyl (C=O) groups excluding carboxylic acids is 1. The van der Waals surface area contributed by atoms with Crippen molar-refractivity contribution in [3.63, 3.8) is 0 Å². The van der Waals surface area contributed by atoms with Crippen molar-refractivity contribution >= 4 is 11.6 Å². The van der Waals surface area contributed by atoms with Crippen LogP contribution in [0.2, 0.25) is 0 Å².